The van der Waals surface area contributed by atoms with Crippen molar-refractivity contribution in [2.45, 2.75) is 31.8 Å². The van der Waals surface area contributed by atoms with Crippen molar-refractivity contribution in [1.29, 1.82) is 0 Å². The lowest BCUT2D eigenvalue weighted by molar-refractivity contribution is -0.147. The Morgan fingerprint density at radius 1 is 1.24 bits per heavy atom. The summed E-state index contributed by atoms with van der Waals surface area (Å²) >= 11 is 0. The third-order valence-electron chi connectivity index (χ3n) is 2.12. The first kappa shape index (κ1) is 15.9. The minimum atomic E-state index is -0.681. The zero-order chi connectivity index (χ0) is 13.1. The van der Waals surface area contributed by atoms with E-state index >= 15 is 0 Å². The number of aliphatic hydroxyl groups excluding tert-OH is 1. The van der Waals surface area contributed by atoms with Crippen molar-refractivity contribution >= 4 is 11.9 Å². The van der Waals surface area contributed by atoms with Crippen molar-refractivity contribution in [2.75, 3.05) is 27.3 Å². The van der Waals surface area contributed by atoms with Crippen molar-refractivity contribution in [1.82, 2.24) is 5.32 Å². The summed E-state index contributed by atoms with van der Waals surface area (Å²) in [4.78, 5) is 22.0. The normalized spacial score (nSPS) is 11.9. The molecule has 0 aromatic heterocycles. The second-order valence-electron chi connectivity index (χ2n) is 3.68. The number of esters is 2. The summed E-state index contributed by atoms with van der Waals surface area (Å²) in [6, 6.07) is 0. The molecule has 0 rings (SSSR count). The maximum Gasteiger partial charge on any atom is 0.305 e. The number of aliphatic hydroxyl groups is 1. The molecule has 0 aliphatic carbocycles. The van der Waals surface area contributed by atoms with Gasteiger partial charge in [0, 0.05) is 19.4 Å². The highest BCUT2D eigenvalue weighted by Gasteiger charge is 2.08. The number of carbonyl (C=O) groups is 2. The molecule has 17 heavy (non-hydrogen) atoms. The number of hydrogen-bond donors (Lipinski definition) is 2. The molecule has 2 N–H and O–H groups in total. The molecule has 0 radical (unpaired) electrons. The van der Waals surface area contributed by atoms with Gasteiger partial charge in [0.2, 0.25) is 0 Å². The van der Waals surface area contributed by atoms with Gasteiger partial charge in [0.15, 0.2) is 0 Å². The highest BCUT2D eigenvalue weighted by atomic mass is 16.5. The first-order valence-corrected chi connectivity index (χ1v) is 5.65. The van der Waals surface area contributed by atoms with Gasteiger partial charge in [0.1, 0.15) is 12.7 Å². The van der Waals surface area contributed by atoms with E-state index in [1.54, 1.807) is 7.05 Å². The number of likely N-dealkylation sites (N-methyl/N-ethyl adjacent to an activating group) is 1. The van der Waals surface area contributed by atoms with Crippen LogP contribution in [0.5, 0.6) is 0 Å². The number of rotatable bonds is 9. The molecule has 0 heterocycles. The van der Waals surface area contributed by atoms with Gasteiger partial charge >= 0.3 is 11.9 Å². The molecule has 0 aromatic carbocycles. The van der Waals surface area contributed by atoms with Crippen molar-refractivity contribution in [3.05, 3.63) is 0 Å². The van der Waals surface area contributed by atoms with Crippen LogP contribution in [0.3, 0.4) is 0 Å². The van der Waals surface area contributed by atoms with E-state index in [1.807, 2.05) is 0 Å². The highest BCUT2D eigenvalue weighted by Crippen LogP contribution is 2.02. The van der Waals surface area contributed by atoms with Crippen molar-refractivity contribution < 1.29 is 24.2 Å². The number of unbranched alkanes of at least 4 members (excludes halogenated alkanes) is 1. The van der Waals surface area contributed by atoms with Gasteiger partial charge in [0.25, 0.3) is 0 Å². The van der Waals surface area contributed by atoms with E-state index in [2.05, 4.69) is 10.1 Å². The second kappa shape index (κ2) is 10.0. The molecule has 1 atom stereocenters. The van der Waals surface area contributed by atoms with Gasteiger partial charge in [-0.1, -0.05) is 0 Å². The minimum Gasteiger partial charge on any atom is -0.469 e. The van der Waals surface area contributed by atoms with Gasteiger partial charge in [0.05, 0.1) is 7.11 Å². The standard InChI is InChI=1S/C11H21NO5/c1-12-7-9(13)8-17-11(15)6-4-3-5-10(14)16-2/h9,12-13H,3-8H2,1-2H3. The van der Waals surface area contributed by atoms with Crippen molar-refractivity contribution in [3.63, 3.8) is 0 Å². The summed E-state index contributed by atoms with van der Waals surface area (Å²) in [6.45, 7) is 0.381. The van der Waals surface area contributed by atoms with Crippen LogP contribution in [0.4, 0.5) is 0 Å². The smallest absolute Gasteiger partial charge is 0.305 e. The summed E-state index contributed by atoms with van der Waals surface area (Å²) in [6.07, 6.45) is 1.06. The van der Waals surface area contributed by atoms with Gasteiger partial charge in [-0.05, 0) is 19.9 Å². The van der Waals surface area contributed by atoms with Crippen LogP contribution in [-0.4, -0.2) is 50.5 Å². The van der Waals surface area contributed by atoms with E-state index in [0.29, 0.717) is 25.8 Å². The zero-order valence-corrected chi connectivity index (χ0v) is 10.4. The van der Waals surface area contributed by atoms with Crippen LogP contribution in [0.15, 0.2) is 0 Å². The SMILES string of the molecule is CNCC(O)COC(=O)CCCCC(=O)OC. The third-order valence-corrected chi connectivity index (χ3v) is 2.12. The van der Waals surface area contributed by atoms with Gasteiger partial charge < -0.3 is 19.9 Å². The molecular formula is C11H21NO5. The minimum absolute atomic E-state index is 0.00330. The number of carbonyl (C=O) groups excluding carboxylic acids is 2. The lowest BCUT2D eigenvalue weighted by Crippen LogP contribution is -2.29. The average molecular weight is 247 g/mol. The van der Waals surface area contributed by atoms with Crippen LogP contribution in [-0.2, 0) is 19.1 Å². The van der Waals surface area contributed by atoms with E-state index in [4.69, 9.17) is 4.74 Å². The van der Waals surface area contributed by atoms with Crippen LogP contribution < -0.4 is 5.32 Å². The highest BCUT2D eigenvalue weighted by molar-refractivity contribution is 5.70. The van der Waals surface area contributed by atoms with E-state index in [0.717, 1.165) is 0 Å². The number of ether oxygens (including phenoxy) is 2. The molecule has 0 fully saturated rings. The Hall–Kier alpha value is -1.14. The lowest BCUT2D eigenvalue weighted by atomic mass is 10.2. The fourth-order valence-corrected chi connectivity index (χ4v) is 1.20. The first-order chi connectivity index (χ1) is 8.10. The molecule has 6 heteroatoms. The molecule has 1 unspecified atom stereocenters. The molecule has 0 bridgehead atoms. The summed E-state index contributed by atoms with van der Waals surface area (Å²) in [5.41, 5.74) is 0. The Morgan fingerprint density at radius 2 is 1.82 bits per heavy atom. The Kier molecular flexibility index (Phi) is 9.37. The molecule has 0 aliphatic rings. The molecule has 0 aliphatic heterocycles. The quantitative estimate of drug-likeness (QED) is 0.435. The van der Waals surface area contributed by atoms with Crippen LogP contribution in [0.25, 0.3) is 0 Å². The number of methoxy groups -OCH3 is 1. The van der Waals surface area contributed by atoms with Gasteiger partial charge in [-0.25, -0.2) is 0 Å². The van der Waals surface area contributed by atoms with Gasteiger partial charge in [-0.2, -0.15) is 0 Å². The average Bonchev–Trinajstić information content (AvgIpc) is 2.32. The van der Waals surface area contributed by atoms with Crippen LogP contribution in [0.2, 0.25) is 0 Å². The summed E-state index contributed by atoms with van der Waals surface area (Å²) in [5.74, 6) is -0.632. The first-order valence-electron chi connectivity index (χ1n) is 5.65. The molecular weight excluding hydrogens is 226 g/mol. The van der Waals surface area contributed by atoms with Gasteiger partial charge in [-0.3, -0.25) is 9.59 Å². The maximum absolute atomic E-state index is 11.2. The monoisotopic (exact) mass is 247 g/mol. The zero-order valence-electron chi connectivity index (χ0n) is 10.4. The molecule has 0 saturated heterocycles. The summed E-state index contributed by atoms with van der Waals surface area (Å²) in [5, 5.41) is 12.0. The Labute approximate surface area is 101 Å². The van der Waals surface area contributed by atoms with Crippen LogP contribution in [0.1, 0.15) is 25.7 Å². The predicted molar refractivity (Wildman–Crippen MR) is 61.4 cm³/mol. The molecule has 0 amide bonds. The van der Waals surface area contributed by atoms with E-state index in [9.17, 15) is 14.7 Å². The second-order valence-corrected chi connectivity index (χ2v) is 3.68. The summed E-state index contributed by atoms with van der Waals surface area (Å²) < 4.78 is 9.31. The molecule has 0 saturated carbocycles. The summed E-state index contributed by atoms with van der Waals surface area (Å²) in [7, 11) is 3.04. The van der Waals surface area contributed by atoms with Gasteiger partial charge in [-0.15, -0.1) is 0 Å². The third kappa shape index (κ3) is 9.77. The lowest BCUT2D eigenvalue weighted by Gasteiger charge is -2.10. The van der Waals surface area contributed by atoms with Crippen molar-refractivity contribution in [2.24, 2.45) is 0 Å². The van der Waals surface area contributed by atoms with Crippen LogP contribution in [0, 0.1) is 0 Å². The predicted octanol–water partition coefficient (Wildman–Crippen LogP) is -0.157. The number of hydrogen-bond acceptors (Lipinski definition) is 6. The molecule has 0 aromatic rings. The fourth-order valence-electron chi connectivity index (χ4n) is 1.20. The Balaban J connectivity index is 3.43. The fraction of sp³-hybridized carbons (Fsp3) is 0.818. The van der Waals surface area contributed by atoms with Crippen LogP contribution >= 0.6 is 0 Å². The molecule has 6 nitrogen and oxygen atoms in total. The Bertz CT molecular complexity index is 232. The molecule has 0 spiro atoms. The topological polar surface area (TPSA) is 84.9 Å². The van der Waals surface area contributed by atoms with E-state index in [1.165, 1.54) is 7.11 Å². The number of nitrogens with one attached hydrogen (secondary N) is 1. The largest absolute Gasteiger partial charge is 0.469 e. The van der Waals surface area contributed by atoms with E-state index < -0.39 is 6.10 Å². The van der Waals surface area contributed by atoms with E-state index in [-0.39, 0.29) is 25.0 Å². The maximum atomic E-state index is 11.2. The van der Waals surface area contributed by atoms with Crippen molar-refractivity contribution in [3.8, 4) is 0 Å². The molecule has 100 valence electrons. The Morgan fingerprint density at radius 3 is 2.35 bits per heavy atom.